The number of thioether (sulfide) groups is 1. The highest BCUT2D eigenvalue weighted by Crippen LogP contribution is 2.42. The Labute approximate surface area is 192 Å². The molecule has 0 unspecified atom stereocenters. The molecule has 6 heteroatoms. The van der Waals surface area contributed by atoms with Gasteiger partial charge in [0.25, 0.3) is 11.8 Å². The lowest BCUT2D eigenvalue weighted by Crippen LogP contribution is -2.40. The largest absolute Gasteiger partial charge is 0.494 e. The summed E-state index contributed by atoms with van der Waals surface area (Å²) in [6.45, 7) is 2.51. The number of ether oxygens (including phenoxy) is 1. The SMILES string of the molecule is CCOc1ccc(C2=C(Sc3ccc(Cl)cc3)C(=O)N(C3CCCCCC3)C2=O)cc1. The molecule has 0 atom stereocenters. The van der Waals surface area contributed by atoms with Gasteiger partial charge in [0.1, 0.15) is 5.75 Å². The highest BCUT2D eigenvalue weighted by atomic mass is 35.5. The summed E-state index contributed by atoms with van der Waals surface area (Å²) in [6, 6.07) is 14.8. The molecule has 2 aliphatic rings. The molecule has 4 rings (SSSR count). The summed E-state index contributed by atoms with van der Waals surface area (Å²) in [5, 5.41) is 0.638. The third-order valence-electron chi connectivity index (χ3n) is 5.75. The van der Waals surface area contributed by atoms with Crippen LogP contribution in [0.2, 0.25) is 5.02 Å². The summed E-state index contributed by atoms with van der Waals surface area (Å²) in [5.74, 6) is 0.384. The van der Waals surface area contributed by atoms with Crippen LogP contribution in [0.25, 0.3) is 5.57 Å². The van der Waals surface area contributed by atoms with Crippen molar-refractivity contribution in [3.05, 3.63) is 64.0 Å². The second kappa shape index (κ2) is 9.92. The molecular formula is C25H26ClNO3S. The maximum Gasteiger partial charge on any atom is 0.268 e. The average molecular weight is 456 g/mol. The first-order valence-corrected chi connectivity index (χ1v) is 12.1. The summed E-state index contributed by atoms with van der Waals surface area (Å²) in [7, 11) is 0. The Morgan fingerprint density at radius 1 is 0.935 bits per heavy atom. The highest BCUT2D eigenvalue weighted by Gasteiger charge is 2.43. The van der Waals surface area contributed by atoms with Gasteiger partial charge in [-0.15, -0.1) is 0 Å². The Kier molecular flexibility index (Phi) is 7.03. The van der Waals surface area contributed by atoms with E-state index in [2.05, 4.69) is 0 Å². The van der Waals surface area contributed by atoms with Crippen LogP contribution in [-0.2, 0) is 9.59 Å². The van der Waals surface area contributed by atoms with E-state index in [1.54, 1.807) is 12.1 Å². The summed E-state index contributed by atoms with van der Waals surface area (Å²) in [4.78, 5) is 30.0. The Balaban J connectivity index is 1.71. The number of carbonyl (C=O) groups is 2. The molecule has 2 amide bonds. The second-order valence-electron chi connectivity index (χ2n) is 7.84. The van der Waals surface area contributed by atoms with E-state index in [9.17, 15) is 9.59 Å². The molecule has 0 saturated heterocycles. The minimum Gasteiger partial charge on any atom is -0.494 e. The van der Waals surface area contributed by atoms with E-state index in [4.69, 9.17) is 16.3 Å². The first-order chi connectivity index (χ1) is 15.1. The Bertz CT molecular complexity index is 977. The fourth-order valence-corrected chi connectivity index (χ4v) is 5.35. The molecule has 1 saturated carbocycles. The Hall–Kier alpha value is -2.24. The van der Waals surface area contributed by atoms with Gasteiger partial charge in [0.2, 0.25) is 0 Å². The molecule has 1 aliphatic carbocycles. The van der Waals surface area contributed by atoms with E-state index in [1.807, 2.05) is 43.3 Å². The molecule has 1 fully saturated rings. The predicted octanol–water partition coefficient (Wildman–Crippen LogP) is 6.33. The molecule has 31 heavy (non-hydrogen) atoms. The van der Waals surface area contributed by atoms with Crippen molar-refractivity contribution >= 4 is 40.8 Å². The lowest BCUT2D eigenvalue weighted by atomic mass is 10.0. The molecule has 0 bridgehead atoms. The summed E-state index contributed by atoms with van der Waals surface area (Å²) in [5.41, 5.74) is 1.23. The lowest BCUT2D eigenvalue weighted by molar-refractivity contribution is -0.139. The molecule has 2 aromatic carbocycles. The number of hydrogen-bond acceptors (Lipinski definition) is 4. The second-order valence-corrected chi connectivity index (χ2v) is 9.36. The van der Waals surface area contributed by atoms with Crippen LogP contribution in [0.3, 0.4) is 0 Å². The fraction of sp³-hybridized carbons (Fsp3) is 0.360. The summed E-state index contributed by atoms with van der Waals surface area (Å²) >= 11 is 7.36. The van der Waals surface area contributed by atoms with Crippen molar-refractivity contribution in [1.29, 1.82) is 0 Å². The number of hydrogen-bond donors (Lipinski definition) is 0. The third-order valence-corrected chi connectivity index (χ3v) is 7.09. The van der Waals surface area contributed by atoms with Crippen molar-refractivity contribution in [1.82, 2.24) is 4.90 Å². The van der Waals surface area contributed by atoms with Gasteiger partial charge in [-0.05, 0) is 61.7 Å². The van der Waals surface area contributed by atoms with Crippen LogP contribution in [0.1, 0.15) is 51.0 Å². The van der Waals surface area contributed by atoms with E-state index >= 15 is 0 Å². The van der Waals surface area contributed by atoms with Crippen molar-refractivity contribution in [3.8, 4) is 5.75 Å². The Morgan fingerprint density at radius 2 is 1.58 bits per heavy atom. The third kappa shape index (κ3) is 4.83. The number of benzene rings is 2. The van der Waals surface area contributed by atoms with E-state index in [0.29, 0.717) is 22.1 Å². The zero-order valence-corrected chi connectivity index (χ0v) is 19.2. The van der Waals surface area contributed by atoms with Crippen LogP contribution < -0.4 is 4.74 Å². The number of amides is 2. The van der Waals surface area contributed by atoms with Crippen LogP contribution in [0.4, 0.5) is 0 Å². The van der Waals surface area contributed by atoms with Crippen LogP contribution in [0, 0.1) is 0 Å². The summed E-state index contributed by atoms with van der Waals surface area (Å²) < 4.78 is 5.54. The van der Waals surface area contributed by atoms with Gasteiger partial charge in [0.05, 0.1) is 17.1 Å². The zero-order valence-electron chi connectivity index (χ0n) is 17.6. The van der Waals surface area contributed by atoms with Crippen molar-refractivity contribution in [3.63, 3.8) is 0 Å². The maximum atomic E-state index is 13.6. The van der Waals surface area contributed by atoms with Gasteiger partial charge in [0, 0.05) is 16.0 Å². The van der Waals surface area contributed by atoms with Gasteiger partial charge in [0.15, 0.2) is 0 Å². The molecule has 162 valence electrons. The molecule has 4 nitrogen and oxygen atoms in total. The molecule has 0 N–H and O–H groups in total. The predicted molar refractivity (Wildman–Crippen MR) is 125 cm³/mol. The molecular weight excluding hydrogens is 430 g/mol. The van der Waals surface area contributed by atoms with Crippen molar-refractivity contribution in [2.75, 3.05) is 6.61 Å². The van der Waals surface area contributed by atoms with Gasteiger partial charge in [-0.2, -0.15) is 0 Å². The minimum atomic E-state index is -0.183. The lowest BCUT2D eigenvalue weighted by Gasteiger charge is -2.25. The maximum absolute atomic E-state index is 13.6. The first kappa shape index (κ1) is 22.0. The minimum absolute atomic E-state index is 0.0245. The van der Waals surface area contributed by atoms with Gasteiger partial charge >= 0.3 is 0 Å². The molecule has 0 aromatic heterocycles. The molecule has 1 heterocycles. The summed E-state index contributed by atoms with van der Waals surface area (Å²) in [6.07, 6.45) is 6.20. The average Bonchev–Trinajstić information content (AvgIpc) is 2.94. The topological polar surface area (TPSA) is 46.6 Å². The van der Waals surface area contributed by atoms with Crippen LogP contribution in [-0.4, -0.2) is 29.4 Å². The van der Waals surface area contributed by atoms with Crippen LogP contribution in [0.5, 0.6) is 5.75 Å². The number of carbonyl (C=O) groups excluding carboxylic acids is 2. The van der Waals surface area contributed by atoms with E-state index in [-0.39, 0.29) is 17.9 Å². The van der Waals surface area contributed by atoms with Gasteiger partial charge < -0.3 is 4.74 Å². The van der Waals surface area contributed by atoms with Gasteiger partial charge in [-0.3, -0.25) is 14.5 Å². The molecule has 0 radical (unpaired) electrons. The van der Waals surface area contributed by atoms with Crippen molar-refractivity contribution < 1.29 is 14.3 Å². The monoisotopic (exact) mass is 455 g/mol. The van der Waals surface area contributed by atoms with Crippen molar-refractivity contribution in [2.45, 2.75) is 56.4 Å². The molecule has 0 spiro atoms. The smallest absolute Gasteiger partial charge is 0.268 e. The van der Waals surface area contributed by atoms with E-state index < -0.39 is 0 Å². The Morgan fingerprint density at radius 3 is 2.19 bits per heavy atom. The highest BCUT2D eigenvalue weighted by molar-refractivity contribution is 8.04. The number of rotatable bonds is 6. The van der Waals surface area contributed by atoms with E-state index in [1.165, 1.54) is 16.7 Å². The normalized spacial score (nSPS) is 17.9. The fourth-order valence-electron chi connectivity index (χ4n) is 4.23. The van der Waals surface area contributed by atoms with Gasteiger partial charge in [-0.1, -0.05) is 61.2 Å². The van der Waals surface area contributed by atoms with E-state index in [0.717, 1.165) is 54.7 Å². The van der Waals surface area contributed by atoms with Crippen LogP contribution in [0.15, 0.2) is 58.3 Å². The number of imide groups is 1. The quantitative estimate of drug-likeness (QED) is 0.377. The zero-order chi connectivity index (χ0) is 21.8. The molecule has 1 aliphatic heterocycles. The standard InChI is InChI=1S/C25H26ClNO3S/c1-2-30-20-13-9-17(10-14-20)22-23(31-21-15-11-18(26)12-16-21)25(29)27(24(22)28)19-7-5-3-4-6-8-19/h9-16,19H,2-8H2,1H3. The van der Waals surface area contributed by atoms with Crippen LogP contribution >= 0.6 is 23.4 Å². The van der Waals surface area contributed by atoms with Crippen molar-refractivity contribution in [2.24, 2.45) is 0 Å². The first-order valence-electron chi connectivity index (χ1n) is 10.9. The number of halogens is 1. The van der Waals surface area contributed by atoms with Gasteiger partial charge in [-0.25, -0.2) is 0 Å². The number of nitrogens with zero attached hydrogens (tertiary/aromatic N) is 1. The molecule has 2 aromatic rings.